The average Bonchev–Trinajstić information content (AvgIpc) is 2.98. The van der Waals surface area contributed by atoms with Gasteiger partial charge in [0.2, 0.25) is 17.8 Å². The molecular weight excluding hydrogens is 484 g/mol. The van der Waals surface area contributed by atoms with Gasteiger partial charge in [-0.1, -0.05) is 48.5 Å². The summed E-state index contributed by atoms with van der Waals surface area (Å²) in [5.74, 6) is 1.60. The van der Waals surface area contributed by atoms with Crippen LogP contribution in [0.25, 0.3) is 0 Å². The zero-order valence-corrected chi connectivity index (χ0v) is 21.6. The third-order valence-electron chi connectivity index (χ3n) is 5.79. The Hall–Kier alpha value is -3.80. The van der Waals surface area contributed by atoms with Crippen molar-refractivity contribution in [2.75, 3.05) is 81.2 Å². The minimum Gasteiger partial charge on any atom is -0.377 e. The number of rotatable bonds is 15. The van der Waals surface area contributed by atoms with Gasteiger partial charge in [0, 0.05) is 51.4 Å². The van der Waals surface area contributed by atoms with Crippen molar-refractivity contribution >= 4 is 23.8 Å². The van der Waals surface area contributed by atoms with Crippen LogP contribution in [0.1, 0.15) is 15.9 Å². The lowest BCUT2D eigenvalue weighted by molar-refractivity contribution is 0.0519. The molecule has 0 unspecified atom stereocenters. The molecular formula is C27H36N8O3. The third-order valence-corrected chi connectivity index (χ3v) is 5.79. The number of piperazine rings is 1. The molecule has 1 aliphatic heterocycles. The van der Waals surface area contributed by atoms with Gasteiger partial charge in [0.1, 0.15) is 0 Å². The van der Waals surface area contributed by atoms with E-state index in [2.05, 4.69) is 53.3 Å². The maximum absolute atomic E-state index is 12.0. The van der Waals surface area contributed by atoms with Crippen LogP contribution in [-0.4, -0.2) is 86.6 Å². The number of nitrogens with zero attached hydrogens (tertiary/aromatic N) is 4. The minimum absolute atomic E-state index is 0.103. The number of ether oxygens (including phenoxy) is 2. The second-order valence-electron chi connectivity index (χ2n) is 8.63. The van der Waals surface area contributed by atoms with Crippen molar-refractivity contribution in [3.63, 3.8) is 0 Å². The zero-order valence-electron chi connectivity index (χ0n) is 21.6. The third kappa shape index (κ3) is 9.25. The predicted molar refractivity (Wildman–Crippen MR) is 148 cm³/mol. The molecule has 0 aliphatic carbocycles. The normalized spacial score (nSPS) is 13.2. The largest absolute Gasteiger partial charge is 0.377 e. The fourth-order valence-corrected chi connectivity index (χ4v) is 3.79. The van der Waals surface area contributed by atoms with Gasteiger partial charge in [-0.3, -0.25) is 4.79 Å². The molecule has 1 saturated heterocycles. The molecule has 0 radical (unpaired) electrons. The van der Waals surface area contributed by atoms with Gasteiger partial charge in [0.25, 0.3) is 5.91 Å². The Labute approximate surface area is 223 Å². The number of anilines is 3. The highest BCUT2D eigenvalue weighted by Crippen LogP contribution is 2.15. The van der Waals surface area contributed by atoms with Gasteiger partial charge in [-0.15, -0.1) is 0 Å². The lowest BCUT2D eigenvalue weighted by Crippen LogP contribution is -2.44. The van der Waals surface area contributed by atoms with E-state index >= 15 is 0 Å². The number of aromatic nitrogens is 3. The van der Waals surface area contributed by atoms with Crippen LogP contribution in [-0.2, 0) is 16.0 Å². The second kappa shape index (κ2) is 15.5. The Kier molecular flexibility index (Phi) is 11.1. The molecule has 38 heavy (non-hydrogen) atoms. The first-order valence-corrected chi connectivity index (χ1v) is 13.0. The van der Waals surface area contributed by atoms with Gasteiger partial charge < -0.3 is 35.6 Å². The molecule has 11 nitrogen and oxygen atoms in total. The summed E-state index contributed by atoms with van der Waals surface area (Å²) < 4.78 is 11.2. The zero-order chi connectivity index (χ0) is 26.3. The van der Waals surface area contributed by atoms with E-state index in [1.54, 1.807) is 12.1 Å². The molecule has 202 valence electrons. The summed E-state index contributed by atoms with van der Waals surface area (Å²) >= 11 is 0. The Morgan fingerprint density at radius 2 is 1.42 bits per heavy atom. The average molecular weight is 521 g/mol. The predicted octanol–water partition coefficient (Wildman–Crippen LogP) is 1.77. The lowest BCUT2D eigenvalue weighted by atomic mass is 10.2. The van der Waals surface area contributed by atoms with Crippen molar-refractivity contribution in [3.8, 4) is 0 Å². The molecule has 0 bridgehead atoms. The van der Waals surface area contributed by atoms with Gasteiger partial charge in [0.05, 0.1) is 26.4 Å². The summed E-state index contributed by atoms with van der Waals surface area (Å²) in [7, 11) is 0. The minimum atomic E-state index is -0.103. The summed E-state index contributed by atoms with van der Waals surface area (Å²) in [4.78, 5) is 28.0. The molecule has 0 atom stereocenters. The topological polar surface area (TPSA) is 126 Å². The Morgan fingerprint density at radius 3 is 2.13 bits per heavy atom. The van der Waals surface area contributed by atoms with Crippen LogP contribution < -0.4 is 26.2 Å². The quantitative estimate of drug-likeness (QED) is 0.220. The number of hydrogen-bond donors (Lipinski definition) is 4. The maximum atomic E-state index is 12.0. The highest BCUT2D eigenvalue weighted by molar-refractivity contribution is 5.94. The van der Waals surface area contributed by atoms with Crippen molar-refractivity contribution in [2.24, 2.45) is 0 Å². The molecule has 4 N–H and O–H groups in total. The van der Waals surface area contributed by atoms with Crippen LogP contribution in [0.2, 0.25) is 0 Å². The van der Waals surface area contributed by atoms with E-state index in [-0.39, 0.29) is 5.91 Å². The van der Waals surface area contributed by atoms with Crippen LogP contribution >= 0.6 is 0 Å². The molecule has 2 heterocycles. The maximum Gasteiger partial charge on any atom is 0.251 e. The SMILES string of the molecule is O=C(NCCOCCOCCNc1nc(NCc2ccccc2)nc(N2CCNCC2)n1)c1ccccc1. The molecule has 4 rings (SSSR count). The number of benzene rings is 2. The van der Waals surface area contributed by atoms with Crippen molar-refractivity contribution in [2.45, 2.75) is 6.54 Å². The van der Waals surface area contributed by atoms with Gasteiger partial charge in [-0.05, 0) is 17.7 Å². The number of amides is 1. The van der Waals surface area contributed by atoms with Gasteiger partial charge >= 0.3 is 0 Å². The molecule has 0 saturated carbocycles. The van der Waals surface area contributed by atoms with Crippen molar-refractivity contribution in [3.05, 3.63) is 71.8 Å². The standard InChI is InChI=1S/C27H36N8O3/c36-24(23-9-5-2-6-10-23)29-13-17-37-19-20-38-18-14-30-25-32-26(31-21-22-7-3-1-4-8-22)34-27(33-25)35-15-11-28-12-16-35/h1-10,28H,11-21H2,(H,29,36)(H2,30,31,32,33,34). The monoisotopic (exact) mass is 520 g/mol. The Bertz CT molecular complexity index is 1100. The second-order valence-corrected chi connectivity index (χ2v) is 8.63. The Balaban J connectivity index is 1.15. The van der Waals surface area contributed by atoms with E-state index in [1.165, 1.54) is 0 Å². The molecule has 1 fully saturated rings. The summed E-state index contributed by atoms with van der Waals surface area (Å²) in [6.45, 7) is 6.95. The van der Waals surface area contributed by atoms with Gasteiger partial charge in [0.15, 0.2) is 0 Å². The molecule has 0 spiro atoms. The van der Waals surface area contributed by atoms with Crippen LogP contribution in [0, 0.1) is 0 Å². The van der Waals surface area contributed by atoms with Crippen molar-refractivity contribution in [1.29, 1.82) is 0 Å². The first-order valence-electron chi connectivity index (χ1n) is 13.0. The molecule has 1 amide bonds. The van der Waals surface area contributed by atoms with Gasteiger partial charge in [-0.25, -0.2) is 0 Å². The van der Waals surface area contributed by atoms with Crippen molar-refractivity contribution < 1.29 is 14.3 Å². The van der Waals surface area contributed by atoms with E-state index in [1.807, 2.05) is 36.4 Å². The van der Waals surface area contributed by atoms with Gasteiger partial charge in [-0.2, -0.15) is 15.0 Å². The molecule has 2 aromatic carbocycles. The fraction of sp³-hybridized carbons (Fsp3) is 0.407. The van der Waals surface area contributed by atoms with E-state index in [9.17, 15) is 4.79 Å². The van der Waals surface area contributed by atoms with Crippen LogP contribution in [0.5, 0.6) is 0 Å². The van der Waals surface area contributed by atoms with Crippen LogP contribution in [0.4, 0.5) is 17.8 Å². The first-order chi connectivity index (χ1) is 18.8. The molecule has 1 aliphatic rings. The summed E-state index contributed by atoms with van der Waals surface area (Å²) in [5, 5.41) is 12.7. The lowest BCUT2D eigenvalue weighted by Gasteiger charge is -2.27. The van der Waals surface area contributed by atoms with E-state index in [0.717, 1.165) is 31.7 Å². The fourth-order valence-electron chi connectivity index (χ4n) is 3.79. The number of carbonyl (C=O) groups excluding carboxylic acids is 1. The molecule has 3 aromatic rings. The molecule has 1 aromatic heterocycles. The number of carbonyl (C=O) groups is 1. The smallest absolute Gasteiger partial charge is 0.251 e. The number of nitrogens with one attached hydrogen (secondary N) is 4. The first kappa shape index (κ1) is 27.2. The van der Waals surface area contributed by atoms with Crippen LogP contribution in [0.15, 0.2) is 60.7 Å². The highest BCUT2D eigenvalue weighted by atomic mass is 16.5. The molecule has 11 heteroatoms. The Morgan fingerprint density at radius 1 is 0.789 bits per heavy atom. The summed E-state index contributed by atoms with van der Waals surface area (Å²) in [6, 6.07) is 19.3. The van der Waals surface area contributed by atoms with E-state index in [0.29, 0.717) is 69.5 Å². The van der Waals surface area contributed by atoms with E-state index in [4.69, 9.17) is 9.47 Å². The van der Waals surface area contributed by atoms with E-state index < -0.39 is 0 Å². The van der Waals surface area contributed by atoms with Crippen molar-refractivity contribution in [1.82, 2.24) is 25.6 Å². The summed E-state index contributed by atoms with van der Waals surface area (Å²) in [5.41, 5.74) is 1.79. The summed E-state index contributed by atoms with van der Waals surface area (Å²) in [6.07, 6.45) is 0. The van der Waals surface area contributed by atoms with Crippen LogP contribution in [0.3, 0.4) is 0 Å². The number of hydrogen-bond acceptors (Lipinski definition) is 10. The highest BCUT2D eigenvalue weighted by Gasteiger charge is 2.16.